The largest absolute Gasteiger partial charge is 0.494 e. The quantitative estimate of drug-likeness (QED) is 0.841. The van der Waals surface area contributed by atoms with Gasteiger partial charge in [-0.3, -0.25) is 0 Å². The summed E-state index contributed by atoms with van der Waals surface area (Å²) in [6.07, 6.45) is 1.57. The lowest BCUT2D eigenvalue weighted by molar-refractivity contribution is 0.0679. The molecule has 16 heavy (non-hydrogen) atoms. The van der Waals surface area contributed by atoms with E-state index in [0.29, 0.717) is 23.5 Å². The molecule has 0 aliphatic carbocycles. The predicted octanol–water partition coefficient (Wildman–Crippen LogP) is 1.16. The van der Waals surface area contributed by atoms with Gasteiger partial charge in [-0.05, 0) is 6.92 Å². The number of aryl methyl sites for hydroxylation is 1. The van der Waals surface area contributed by atoms with E-state index in [9.17, 15) is 4.79 Å². The summed E-state index contributed by atoms with van der Waals surface area (Å²) in [6, 6.07) is 1.65. The molecule has 0 aromatic carbocycles. The highest BCUT2D eigenvalue weighted by Crippen LogP contribution is 2.23. The van der Waals surface area contributed by atoms with Gasteiger partial charge < -0.3 is 14.4 Å². The lowest BCUT2D eigenvalue weighted by atomic mass is 10.4. The predicted molar refractivity (Wildman–Crippen MR) is 56.7 cm³/mol. The second-order valence-electron chi connectivity index (χ2n) is 3.17. The number of carboxylic acid groups (broad SMARTS) is 1. The van der Waals surface area contributed by atoms with E-state index in [-0.39, 0.29) is 5.82 Å². The monoisotopic (exact) mass is 221 g/mol. The van der Waals surface area contributed by atoms with Crippen LogP contribution in [0.25, 0.3) is 11.2 Å². The van der Waals surface area contributed by atoms with Gasteiger partial charge in [-0.1, -0.05) is 0 Å². The maximum absolute atomic E-state index is 11.0. The van der Waals surface area contributed by atoms with E-state index >= 15 is 0 Å². The van der Waals surface area contributed by atoms with Crippen molar-refractivity contribution in [3.63, 3.8) is 0 Å². The smallest absolute Gasteiger partial charge is 0.372 e. The number of rotatable bonds is 3. The summed E-state index contributed by atoms with van der Waals surface area (Å²) in [5.74, 6) is -0.559. The molecule has 0 aliphatic heterocycles. The zero-order chi connectivity index (χ0) is 11.7. The summed E-state index contributed by atoms with van der Waals surface area (Å²) in [4.78, 5) is 19.1. The van der Waals surface area contributed by atoms with E-state index < -0.39 is 5.97 Å². The van der Waals surface area contributed by atoms with Gasteiger partial charge >= 0.3 is 5.97 Å². The van der Waals surface area contributed by atoms with Crippen LogP contribution in [0.5, 0.6) is 5.75 Å². The fraction of sp³-hybridized carbons (Fsp3) is 0.300. The number of hydrogen-bond donors (Lipinski definition) is 1. The Labute approximate surface area is 91.5 Å². The molecule has 1 N–H and O–H groups in total. The number of ether oxygens (including phenoxy) is 1. The minimum atomic E-state index is -1.07. The Bertz CT molecular complexity index is 547. The maximum Gasteiger partial charge on any atom is 0.372 e. The van der Waals surface area contributed by atoms with Crippen molar-refractivity contribution in [2.75, 3.05) is 7.11 Å². The highest BCUT2D eigenvalue weighted by atomic mass is 16.5. The van der Waals surface area contributed by atoms with Gasteiger partial charge in [-0.25, -0.2) is 14.8 Å². The van der Waals surface area contributed by atoms with Crippen LogP contribution >= 0.6 is 0 Å². The first-order chi connectivity index (χ1) is 7.69. The summed E-state index contributed by atoms with van der Waals surface area (Å²) in [7, 11) is 1.51. The summed E-state index contributed by atoms with van der Waals surface area (Å²) in [5, 5.41) is 9.01. The van der Waals surface area contributed by atoms with Crippen LogP contribution in [-0.4, -0.2) is 32.7 Å². The summed E-state index contributed by atoms with van der Waals surface area (Å²) in [5.41, 5.74) is 1.00. The van der Waals surface area contributed by atoms with Crippen LogP contribution in [0, 0.1) is 0 Å². The number of imidazole rings is 1. The Hall–Kier alpha value is -2.11. The van der Waals surface area contributed by atoms with Crippen LogP contribution in [0.3, 0.4) is 0 Å². The number of hydrogen-bond acceptors (Lipinski definition) is 4. The third-order valence-electron chi connectivity index (χ3n) is 2.32. The van der Waals surface area contributed by atoms with Crippen molar-refractivity contribution in [2.45, 2.75) is 13.5 Å². The molecule has 0 atom stereocenters. The van der Waals surface area contributed by atoms with Gasteiger partial charge in [0.05, 0.1) is 7.11 Å². The molecule has 0 spiro atoms. The molecule has 2 aromatic heterocycles. The Morgan fingerprint density at radius 1 is 1.62 bits per heavy atom. The molecule has 0 fully saturated rings. The maximum atomic E-state index is 11.0. The van der Waals surface area contributed by atoms with Gasteiger partial charge in [0.2, 0.25) is 5.82 Å². The molecule has 2 rings (SSSR count). The number of aromatic carboxylic acids is 1. The molecular formula is C10H11N3O3. The van der Waals surface area contributed by atoms with Gasteiger partial charge in [0.25, 0.3) is 0 Å². The molecule has 0 aliphatic rings. The SMILES string of the molecule is CCn1c(C(=O)O)nc2c(OC)ccnc21. The van der Waals surface area contributed by atoms with Crippen LogP contribution in [-0.2, 0) is 6.54 Å². The second-order valence-corrected chi connectivity index (χ2v) is 3.17. The van der Waals surface area contributed by atoms with E-state index in [2.05, 4.69) is 9.97 Å². The van der Waals surface area contributed by atoms with Crippen molar-refractivity contribution in [2.24, 2.45) is 0 Å². The molecule has 6 heteroatoms. The third kappa shape index (κ3) is 1.39. The lowest BCUT2D eigenvalue weighted by Gasteiger charge is -2.01. The molecule has 0 amide bonds. The topological polar surface area (TPSA) is 77.2 Å². The summed E-state index contributed by atoms with van der Waals surface area (Å²) >= 11 is 0. The molecule has 0 unspecified atom stereocenters. The number of carbonyl (C=O) groups is 1. The Kier molecular flexibility index (Phi) is 2.47. The average molecular weight is 221 g/mol. The summed E-state index contributed by atoms with van der Waals surface area (Å²) < 4.78 is 6.65. The van der Waals surface area contributed by atoms with Crippen LogP contribution in [0.4, 0.5) is 0 Å². The first-order valence-electron chi connectivity index (χ1n) is 4.81. The van der Waals surface area contributed by atoms with Crippen LogP contribution in [0.1, 0.15) is 17.5 Å². The van der Waals surface area contributed by atoms with Gasteiger partial charge in [0, 0.05) is 18.8 Å². The lowest BCUT2D eigenvalue weighted by Crippen LogP contribution is -2.08. The second kappa shape index (κ2) is 3.80. The number of methoxy groups -OCH3 is 1. The molecule has 6 nitrogen and oxygen atoms in total. The van der Waals surface area contributed by atoms with E-state index in [1.807, 2.05) is 6.92 Å². The van der Waals surface area contributed by atoms with Crippen molar-refractivity contribution < 1.29 is 14.6 Å². The minimum Gasteiger partial charge on any atom is -0.494 e. The molecule has 0 radical (unpaired) electrons. The highest BCUT2D eigenvalue weighted by Gasteiger charge is 2.18. The van der Waals surface area contributed by atoms with E-state index in [4.69, 9.17) is 9.84 Å². The molecular weight excluding hydrogens is 210 g/mol. The molecule has 84 valence electrons. The molecule has 2 aromatic rings. The van der Waals surface area contributed by atoms with Gasteiger partial charge in [-0.2, -0.15) is 0 Å². The van der Waals surface area contributed by atoms with Crippen molar-refractivity contribution in [1.82, 2.24) is 14.5 Å². The normalized spacial score (nSPS) is 10.6. The van der Waals surface area contributed by atoms with Crippen LogP contribution in [0.2, 0.25) is 0 Å². The standard InChI is InChI=1S/C10H11N3O3/c1-3-13-8-7(12-9(13)10(14)15)6(16-2)4-5-11-8/h4-5H,3H2,1-2H3,(H,14,15). The van der Waals surface area contributed by atoms with E-state index in [1.54, 1.807) is 16.8 Å². The Morgan fingerprint density at radius 2 is 2.38 bits per heavy atom. The number of aromatic nitrogens is 3. The molecule has 0 saturated carbocycles. The summed E-state index contributed by atoms with van der Waals surface area (Å²) in [6.45, 7) is 2.34. The van der Waals surface area contributed by atoms with E-state index in [1.165, 1.54) is 7.11 Å². The first-order valence-corrected chi connectivity index (χ1v) is 4.81. The highest BCUT2D eigenvalue weighted by molar-refractivity contribution is 5.90. The number of fused-ring (bicyclic) bond motifs is 1. The van der Waals surface area contributed by atoms with E-state index in [0.717, 1.165) is 0 Å². The molecule has 0 bridgehead atoms. The van der Waals surface area contributed by atoms with Gasteiger partial charge in [0.1, 0.15) is 5.75 Å². The van der Waals surface area contributed by atoms with Crippen LogP contribution < -0.4 is 4.74 Å². The first kappa shape index (κ1) is 10.4. The average Bonchev–Trinajstić information content (AvgIpc) is 2.67. The zero-order valence-electron chi connectivity index (χ0n) is 8.97. The number of carboxylic acids is 1. The number of nitrogens with zero attached hydrogens (tertiary/aromatic N) is 3. The fourth-order valence-electron chi connectivity index (χ4n) is 1.62. The molecule has 2 heterocycles. The fourth-order valence-corrected chi connectivity index (χ4v) is 1.62. The third-order valence-corrected chi connectivity index (χ3v) is 2.32. The van der Waals surface area contributed by atoms with Gasteiger partial charge in [-0.15, -0.1) is 0 Å². The van der Waals surface area contributed by atoms with Crippen molar-refractivity contribution in [3.8, 4) is 5.75 Å². The van der Waals surface area contributed by atoms with Crippen molar-refractivity contribution >= 4 is 17.1 Å². The zero-order valence-corrected chi connectivity index (χ0v) is 8.97. The van der Waals surface area contributed by atoms with Crippen molar-refractivity contribution in [3.05, 3.63) is 18.1 Å². The van der Waals surface area contributed by atoms with Crippen LogP contribution in [0.15, 0.2) is 12.3 Å². The Balaban J connectivity index is 2.80. The van der Waals surface area contributed by atoms with Crippen molar-refractivity contribution in [1.29, 1.82) is 0 Å². The van der Waals surface area contributed by atoms with Gasteiger partial charge in [0.15, 0.2) is 11.2 Å². The number of pyridine rings is 1. The minimum absolute atomic E-state index is 0.0190. The Morgan fingerprint density at radius 3 is 2.94 bits per heavy atom. The molecule has 0 saturated heterocycles.